The van der Waals surface area contributed by atoms with E-state index in [0.717, 1.165) is 7.11 Å². The normalized spacial score (nSPS) is 14.7. The molecule has 1 unspecified atom stereocenters. The molecule has 0 radical (unpaired) electrons. The third-order valence-electron chi connectivity index (χ3n) is 2.99. The van der Waals surface area contributed by atoms with E-state index in [1.165, 1.54) is 0 Å². The molecule has 1 aromatic rings. The molecule has 1 N–H and O–H groups in total. The van der Waals surface area contributed by atoms with Crippen molar-refractivity contribution in [3.8, 4) is 0 Å². The molecule has 0 saturated carbocycles. The van der Waals surface area contributed by atoms with Crippen molar-refractivity contribution in [1.82, 2.24) is 4.72 Å². The number of nitrogens with one attached hydrogen (secondary N) is 1. The van der Waals surface area contributed by atoms with E-state index in [1.54, 1.807) is 44.2 Å². The highest BCUT2D eigenvalue weighted by Crippen LogP contribution is 2.29. The van der Waals surface area contributed by atoms with Crippen LogP contribution in [-0.4, -0.2) is 34.2 Å². The molecule has 1 rings (SSSR count). The molecule has 21 heavy (non-hydrogen) atoms. The van der Waals surface area contributed by atoms with Gasteiger partial charge in [0.05, 0.1) is 13.7 Å². The Hall–Kier alpha value is -1.47. The fraction of sp³-hybridized carbons (Fsp3) is 0.500. The van der Waals surface area contributed by atoms with Gasteiger partial charge in [-0.3, -0.25) is 0 Å². The summed E-state index contributed by atoms with van der Waals surface area (Å²) < 4.78 is 44.5. The first kappa shape index (κ1) is 17.6. The molecule has 0 aliphatic heterocycles. The minimum Gasteiger partial charge on any atom is -0.467 e. The van der Waals surface area contributed by atoms with Crippen LogP contribution in [0.2, 0.25) is 0 Å². The molecule has 0 aromatic heterocycles. The number of alkyl halides is 1. The van der Waals surface area contributed by atoms with Crippen LogP contribution in [0.4, 0.5) is 4.39 Å². The molecule has 0 bridgehead atoms. The minimum absolute atomic E-state index is 0.207. The van der Waals surface area contributed by atoms with Crippen molar-refractivity contribution < 1.29 is 22.3 Å². The van der Waals surface area contributed by atoms with Crippen LogP contribution in [0.25, 0.3) is 0 Å². The van der Waals surface area contributed by atoms with Crippen LogP contribution in [0.3, 0.4) is 0 Å². The summed E-state index contributed by atoms with van der Waals surface area (Å²) in [5.74, 6) is -1.31. The van der Waals surface area contributed by atoms with Crippen LogP contribution in [0, 0.1) is 5.92 Å². The number of esters is 1. The largest absolute Gasteiger partial charge is 0.467 e. The van der Waals surface area contributed by atoms with Crippen LogP contribution in [0.5, 0.6) is 0 Å². The number of benzene rings is 1. The van der Waals surface area contributed by atoms with Gasteiger partial charge in [0.2, 0.25) is 16.2 Å². The van der Waals surface area contributed by atoms with E-state index < -0.39 is 34.0 Å². The third kappa shape index (κ3) is 4.78. The van der Waals surface area contributed by atoms with Crippen molar-refractivity contribution in [2.75, 3.05) is 13.7 Å². The van der Waals surface area contributed by atoms with Gasteiger partial charge in [-0.25, -0.2) is 22.3 Å². The molecule has 0 saturated heterocycles. The van der Waals surface area contributed by atoms with E-state index in [-0.39, 0.29) is 5.92 Å². The fourth-order valence-electron chi connectivity index (χ4n) is 2.06. The number of hydrogen-bond acceptors (Lipinski definition) is 4. The van der Waals surface area contributed by atoms with E-state index >= 15 is 0 Å². The summed E-state index contributed by atoms with van der Waals surface area (Å²) >= 11 is 0. The molecular formula is C14H20FNO4S. The predicted molar refractivity (Wildman–Crippen MR) is 77.9 cm³/mol. The summed E-state index contributed by atoms with van der Waals surface area (Å²) in [7, 11) is -2.76. The van der Waals surface area contributed by atoms with Crippen LogP contribution in [0.15, 0.2) is 30.3 Å². The first-order valence-electron chi connectivity index (χ1n) is 6.55. The van der Waals surface area contributed by atoms with E-state index in [0.29, 0.717) is 5.56 Å². The lowest BCUT2D eigenvalue weighted by Crippen LogP contribution is -2.38. The standard InChI is InChI=1S/C14H20FNO4S/c1-10(2)13(11-7-5-4-6-8-11)21(18,19)16-9-12(15)14(17)20-3/h4-8,10,12-13,16H,9H2,1-3H3/t12-,13?/m0/s1. The minimum atomic E-state index is -3.81. The first-order chi connectivity index (χ1) is 9.79. The topological polar surface area (TPSA) is 72.5 Å². The first-order valence-corrected chi connectivity index (χ1v) is 8.09. The number of ether oxygens (including phenoxy) is 1. The Labute approximate surface area is 124 Å². The molecule has 7 heteroatoms. The van der Waals surface area contributed by atoms with Gasteiger partial charge in [0.15, 0.2) is 0 Å². The molecule has 5 nitrogen and oxygen atoms in total. The number of methoxy groups -OCH3 is 1. The van der Waals surface area contributed by atoms with E-state index in [1.807, 2.05) is 0 Å². The second kappa shape index (κ2) is 7.51. The number of halogens is 1. The van der Waals surface area contributed by atoms with Gasteiger partial charge in [-0.1, -0.05) is 44.2 Å². The summed E-state index contributed by atoms with van der Waals surface area (Å²) in [5, 5.41) is -0.816. The zero-order valence-corrected chi connectivity index (χ0v) is 13.1. The van der Waals surface area contributed by atoms with Crippen molar-refractivity contribution >= 4 is 16.0 Å². The molecule has 118 valence electrons. The number of sulfonamides is 1. The van der Waals surface area contributed by atoms with Crippen molar-refractivity contribution in [1.29, 1.82) is 0 Å². The van der Waals surface area contributed by atoms with Crippen LogP contribution in [-0.2, 0) is 19.6 Å². The summed E-state index contributed by atoms with van der Waals surface area (Å²) in [5.41, 5.74) is 0.619. The number of carbonyl (C=O) groups excluding carboxylic acids is 1. The number of rotatable bonds is 7. The number of carbonyl (C=O) groups is 1. The predicted octanol–water partition coefficient (Wildman–Crippen LogP) is 1.81. The Morgan fingerprint density at radius 3 is 2.33 bits per heavy atom. The van der Waals surface area contributed by atoms with Crippen LogP contribution < -0.4 is 4.72 Å². The van der Waals surface area contributed by atoms with Gasteiger partial charge in [0, 0.05) is 0 Å². The molecule has 0 spiro atoms. The van der Waals surface area contributed by atoms with Gasteiger partial charge >= 0.3 is 5.97 Å². The Kier molecular flexibility index (Phi) is 6.29. The second-order valence-electron chi connectivity index (χ2n) is 4.96. The van der Waals surface area contributed by atoms with Gasteiger partial charge in [-0.15, -0.1) is 0 Å². The summed E-state index contributed by atoms with van der Waals surface area (Å²) in [6.07, 6.45) is -2.02. The Morgan fingerprint density at radius 1 is 1.29 bits per heavy atom. The number of hydrogen-bond donors (Lipinski definition) is 1. The van der Waals surface area contributed by atoms with Gasteiger partial charge in [-0.2, -0.15) is 0 Å². The lowest BCUT2D eigenvalue weighted by molar-refractivity contribution is -0.146. The molecule has 0 heterocycles. The molecule has 1 aromatic carbocycles. The van der Waals surface area contributed by atoms with Gasteiger partial charge in [0.1, 0.15) is 5.25 Å². The lowest BCUT2D eigenvalue weighted by Gasteiger charge is -2.22. The second-order valence-corrected chi connectivity index (χ2v) is 6.85. The van der Waals surface area contributed by atoms with Crippen molar-refractivity contribution in [3.05, 3.63) is 35.9 Å². The Balaban J connectivity index is 2.90. The average molecular weight is 317 g/mol. The van der Waals surface area contributed by atoms with Crippen molar-refractivity contribution in [2.45, 2.75) is 25.3 Å². The molecule has 0 fully saturated rings. The van der Waals surface area contributed by atoms with Crippen LogP contribution >= 0.6 is 0 Å². The molecular weight excluding hydrogens is 297 g/mol. The third-order valence-corrected chi connectivity index (χ3v) is 5.04. The fourth-order valence-corrected chi connectivity index (χ4v) is 3.85. The zero-order valence-electron chi connectivity index (χ0n) is 12.2. The maximum Gasteiger partial charge on any atom is 0.341 e. The SMILES string of the molecule is COC(=O)[C@@H](F)CNS(=O)(=O)C(c1ccccc1)C(C)C. The highest BCUT2D eigenvalue weighted by molar-refractivity contribution is 7.89. The highest BCUT2D eigenvalue weighted by atomic mass is 32.2. The highest BCUT2D eigenvalue weighted by Gasteiger charge is 2.31. The molecule has 0 amide bonds. The smallest absolute Gasteiger partial charge is 0.341 e. The monoisotopic (exact) mass is 317 g/mol. The molecule has 2 atom stereocenters. The van der Waals surface area contributed by atoms with Crippen molar-refractivity contribution in [3.63, 3.8) is 0 Å². The lowest BCUT2D eigenvalue weighted by atomic mass is 10.0. The maximum atomic E-state index is 13.4. The van der Waals surface area contributed by atoms with E-state index in [2.05, 4.69) is 9.46 Å². The van der Waals surface area contributed by atoms with Crippen molar-refractivity contribution in [2.24, 2.45) is 5.92 Å². The maximum absolute atomic E-state index is 13.4. The van der Waals surface area contributed by atoms with Gasteiger partial charge in [-0.05, 0) is 11.5 Å². The van der Waals surface area contributed by atoms with Gasteiger partial charge < -0.3 is 4.74 Å². The van der Waals surface area contributed by atoms with E-state index in [9.17, 15) is 17.6 Å². The summed E-state index contributed by atoms with van der Waals surface area (Å²) in [6.45, 7) is 2.90. The Morgan fingerprint density at radius 2 is 1.86 bits per heavy atom. The molecule has 0 aliphatic carbocycles. The average Bonchev–Trinajstić information content (AvgIpc) is 2.44. The van der Waals surface area contributed by atoms with E-state index in [4.69, 9.17) is 0 Å². The van der Waals surface area contributed by atoms with Gasteiger partial charge in [0.25, 0.3) is 0 Å². The zero-order chi connectivity index (χ0) is 16.0. The summed E-state index contributed by atoms with van der Waals surface area (Å²) in [6, 6.07) is 8.68. The Bertz CT molecular complexity index is 560. The quantitative estimate of drug-likeness (QED) is 0.779. The summed E-state index contributed by atoms with van der Waals surface area (Å²) in [4.78, 5) is 11.0. The van der Waals surface area contributed by atoms with Crippen LogP contribution in [0.1, 0.15) is 24.7 Å². The molecule has 0 aliphatic rings.